The molecule has 0 aliphatic carbocycles. The van der Waals surface area contributed by atoms with Gasteiger partial charge in [-0.15, -0.1) is 0 Å². The van der Waals surface area contributed by atoms with Gasteiger partial charge in [0.25, 0.3) is 0 Å². The summed E-state index contributed by atoms with van der Waals surface area (Å²) in [6, 6.07) is 0. The number of nitrogens with one attached hydrogen (secondary N) is 2. The topological polar surface area (TPSA) is 60.6 Å². The third kappa shape index (κ3) is 2.56. The van der Waals surface area contributed by atoms with Crippen molar-refractivity contribution in [3.63, 3.8) is 0 Å². The van der Waals surface area contributed by atoms with Gasteiger partial charge in [-0.1, -0.05) is 0 Å². The zero-order valence-corrected chi connectivity index (χ0v) is 11.6. The first-order valence-electron chi connectivity index (χ1n) is 6.95. The number of hydrogen-bond donors (Lipinski definition) is 2. The molecule has 19 heavy (non-hydrogen) atoms. The molecule has 0 unspecified atom stereocenters. The molecule has 2 aromatic rings. The van der Waals surface area contributed by atoms with E-state index >= 15 is 0 Å². The summed E-state index contributed by atoms with van der Waals surface area (Å²) < 4.78 is 0. The van der Waals surface area contributed by atoms with Crippen LogP contribution in [-0.4, -0.2) is 38.2 Å². The summed E-state index contributed by atoms with van der Waals surface area (Å²) in [5, 5.41) is 7.32. The van der Waals surface area contributed by atoms with Crippen molar-refractivity contribution in [3.8, 4) is 0 Å². The van der Waals surface area contributed by atoms with Gasteiger partial charge in [-0.05, 0) is 38.8 Å². The number of likely N-dealkylation sites (tertiary alicyclic amines) is 1. The first-order valence-corrected chi connectivity index (χ1v) is 6.95. The number of nitrogens with zero attached hydrogens (tertiary/aromatic N) is 3. The standard InChI is InChI=1S/C14H21N5/c1-10-6-17-18-14(10)12-4-3-5-19(7-12)8-13-11(2)15-9-16-13/h6,9,12H,3-5,7-8H2,1-2H3,(H,15,16)(H,17,18)/t12-/m0/s1. The monoisotopic (exact) mass is 259 g/mol. The molecule has 1 atom stereocenters. The van der Waals surface area contributed by atoms with Gasteiger partial charge in [-0.25, -0.2) is 4.98 Å². The van der Waals surface area contributed by atoms with Crippen molar-refractivity contribution in [3.05, 3.63) is 35.2 Å². The van der Waals surface area contributed by atoms with Crippen LogP contribution in [0.25, 0.3) is 0 Å². The van der Waals surface area contributed by atoms with Gasteiger partial charge in [0.15, 0.2) is 0 Å². The molecule has 0 saturated carbocycles. The molecular weight excluding hydrogens is 238 g/mol. The molecular formula is C14H21N5. The number of piperidine rings is 1. The van der Waals surface area contributed by atoms with Crippen LogP contribution in [0.1, 0.15) is 41.4 Å². The van der Waals surface area contributed by atoms with Crippen LogP contribution in [-0.2, 0) is 6.54 Å². The Hall–Kier alpha value is -1.62. The zero-order valence-electron chi connectivity index (χ0n) is 11.6. The second-order valence-electron chi connectivity index (χ2n) is 5.52. The number of imidazole rings is 1. The Morgan fingerprint density at radius 3 is 3.00 bits per heavy atom. The molecule has 1 aliphatic rings. The maximum Gasteiger partial charge on any atom is 0.0925 e. The molecule has 5 nitrogen and oxygen atoms in total. The Labute approximate surface area is 113 Å². The van der Waals surface area contributed by atoms with Crippen LogP contribution in [0.15, 0.2) is 12.5 Å². The van der Waals surface area contributed by atoms with E-state index in [1.807, 2.05) is 6.20 Å². The third-order valence-corrected chi connectivity index (χ3v) is 4.09. The fraction of sp³-hybridized carbons (Fsp3) is 0.571. The van der Waals surface area contributed by atoms with Crippen LogP contribution in [0.5, 0.6) is 0 Å². The maximum atomic E-state index is 4.40. The van der Waals surface area contributed by atoms with Crippen LogP contribution in [0.3, 0.4) is 0 Å². The van der Waals surface area contributed by atoms with Gasteiger partial charge in [0.1, 0.15) is 0 Å². The van der Waals surface area contributed by atoms with E-state index in [2.05, 4.69) is 38.9 Å². The highest BCUT2D eigenvalue weighted by atomic mass is 15.2. The van der Waals surface area contributed by atoms with Gasteiger partial charge in [0, 0.05) is 30.4 Å². The minimum absolute atomic E-state index is 0.579. The summed E-state index contributed by atoms with van der Waals surface area (Å²) in [5.41, 5.74) is 4.94. The zero-order chi connectivity index (χ0) is 13.2. The fourth-order valence-corrected chi connectivity index (χ4v) is 2.96. The van der Waals surface area contributed by atoms with E-state index in [-0.39, 0.29) is 0 Å². The molecule has 0 amide bonds. The molecule has 5 heteroatoms. The van der Waals surface area contributed by atoms with E-state index in [4.69, 9.17) is 0 Å². The van der Waals surface area contributed by atoms with Gasteiger partial charge in [-0.2, -0.15) is 5.10 Å². The van der Waals surface area contributed by atoms with Crippen LogP contribution < -0.4 is 0 Å². The highest BCUT2D eigenvalue weighted by Crippen LogP contribution is 2.28. The molecule has 1 fully saturated rings. The largest absolute Gasteiger partial charge is 0.348 e. The Bertz CT molecular complexity index is 542. The van der Waals surface area contributed by atoms with E-state index in [0.29, 0.717) is 5.92 Å². The number of aryl methyl sites for hydroxylation is 2. The van der Waals surface area contributed by atoms with Crippen molar-refractivity contribution in [1.82, 2.24) is 25.1 Å². The van der Waals surface area contributed by atoms with Crippen LogP contribution in [0.2, 0.25) is 0 Å². The molecule has 0 spiro atoms. The summed E-state index contributed by atoms with van der Waals surface area (Å²) in [4.78, 5) is 10.0. The van der Waals surface area contributed by atoms with Crippen LogP contribution in [0.4, 0.5) is 0 Å². The van der Waals surface area contributed by atoms with Gasteiger partial charge in [0.2, 0.25) is 0 Å². The lowest BCUT2D eigenvalue weighted by molar-refractivity contribution is 0.196. The van der Waals surface area contributed by atoms with E-state index in [1.165, 1.54) is 35.5 Å². The molecule has 2 aromatic heterocycles. The second-order valence-corrected chi connectivity index (χ2v) is 5.52. The first-order chi connectivity index (χ1) is 9.24. The molecule has 102 valence electrons. The predicted molar refractivity (Wildman–Crippen MR) is 73.9 cm³/mol. The maximum absolute atomic E-state index is 4.40. The highest BCUT2D eigenvalue weighted by molar-refractivity contribution is 5.19. The lowest BCUT2D eigenvalue weighted by Crippen LogP contribution is -2.34. The van der Waals surface area contributed by atoms with E-state index < -0.39 is 0 Å². The molecule has 2 N–H and O–H groups in total. The molecule has 0 radical (unpaired) electrons. The van der Waals surface area contributed by atoms with Crippen molar-refractivity contribution < 1.29 is 0 Å². The number of rotatable bonds is 3. The smallest absolute Gasteiger partial charge is 0.0925 e. The van der Waals surface area contributed by atoms with Crippen molar-refractivity contribution in [1.29, 1.82) is 0 Å². The normalized spacial score (nSPS) is 20.8. The molecule has 0 aromatic carbocycles. The van der Waals surface area contributed by atoms with E-state index in [1.54, 1.807) is 6.33 Å². The Morgan fingerprint density at radius 2 is 2.32 bits per heavy atom. The second kappa shape index (κ2) is 5.17. The average Bonchev–Trinajstić information content (AvgIpc) is 3.00. The Kier molecular flexibility index (Phi) is 3.38. The van der Waals surface area contributed by atoms with Crippen molar-refractivity contribution >= 4 is 0 Å². The van der Waals surface area contributed by atoms with Crippen LogP contribution in [0, 0.1) is 13.8 Å². The minimum Gasteiger partial charge on any atom is -0.348 e. The molecule has 1 saturated heterocycles. The van der Waals surface area contributed by atoms with Gasteiger partial charge in [-0.3, -0.25) is 10.00 Å². The number of aromatic amines is 2. The SMILES string of the molecule is Cc1cn[nH]c1[C@H]1CCCN(Cc2nc[nH]c2C)C1. The number of aromatic nitrogens is 4. The minimum atomic E-state index is 0.579. The number of hydrogen-bond acceptors (Lipinski definition) is 3. The lowest BCUT2D eigenvalue weighted by atomic mass is 9.93. The summed E-state index contributed by atoms with van der Waals surface area (Å²) in [6.45, 7) is 7.42. The Balaban J connectivity index is 1.68. The molecule has 3 heterocycles. The fourth-order valence-electron chi connectivity index (χ4n) is 2.96. The first kappa shape index (κ1) is 12.4. The predicted octanol–water partition coefficient (Wildman–Crippen LogP) is 2.13. The summed E-state index contributed by atoms with van der Waals surface area (Å²) in [6.07, 6.45) is 6.20. The third-order valence-electron chi connectivity index (χ3n) is 4.09. The molecule has 3 rings (SSSR count). The van der Waals surface area contributed by atoms with Crippen molar-refractivity contribution in [2.45, 2.75) is 39.2 Å². The molecule has 0 bridgehead atoms. The van der Waals surface area contributed by atoms with Gasteiger partial charge >= 0.3 is 0 Å². The van der Waals surface area contributed by atoms with Gasteiger partial charge in [0.05, 0.1) is 18.2 Å². The van der Waals surface area contributed by atoms with Gasteiger partial charge < -0.3 is 4.98 Å². The van der Waals surface area contributed by atoms with Crippen molar-refractivity contribution in [2.75, 3.05) is 13.1 Å². The van der Waals surface area contributed by atoms with E-state index in [0.717, 1.165) is 19.6 Å². The Morgan fingerprint density at radius 1 is 1.42 bits per heavy atom. The summed E-state index contributed by atoms with van der Waals surface area (Å²) >= 11 is 0. The molecule has 1 aliphatic heterocycles. The van der Waals surface area contributed by atoms with E-state index in [9.17, 15) is 0 Å². The summed E-state index contributed by atoms with van der Waals surface area (Å²) in [5.74, 6) is 0.579. The average molecular weight is 259 g/mol. The summed E-state index contributed by atoms with van der Waals surface area (Å²) in [7, 11) is 0. The highest BCUT2D eigenvalue weighted by Gasteiger charge is 2.24. The quantitative estimate of drug-likeness (QED) is 0.887. The number of H-pyrrole nitrogens is 2. The van der Waals surface area contributed by atoms with Crippen LogP contribution >= 0.6 is 0 Å². The van der Waals surface area contributed by atoms with Crippen molar-refractivity contribution in [2.24, 2.45) is 0 Å². The lowest BCUT2D eigenvalue weighted by Gasteiger charge is -2.32.